The summed E-state index contributed by atoms with van der Waals surface area (Å²) < 4.78 is 89.7. The highest BCUT2D eigenvalue weighted by atomic mass is 16.8. The van der Waals surface area contributed by atoms with Crippen LogP contribution >= 0.6 is 0 Å². The van der Waals surface area contributed by atoms with Crippen LogP contribution in [0.3, 0.4) is 0 Å². The van der Waals surface area contributed by atoms with Gasteiger partial charge >= 0.3 is 5.97 Å². The van der Waals surface area contributed by atoms with Gasteiger partial charge < -0.3 is 215 Å². The summed E-state index contributed by atoms with van der Waals surface area (Å²) in [7, 11) is 0. The molecule has 0 aromatic carbocycles. The molecule has 0 aromatic rings. The Morgan fingerprint density at radius 1 is 0.364 bits per heavy atom. The average molecular weight is 1570 g/mol. The second-order valence-electron chi connectivity index (χ2n) is 26.7. The van der Waals surface area contributed by atoms with E-state index >= 15 is 0 Å². The first-order chi connectivity index (χ1) is 50.5. The number of amides is 4. The lowest BCUT2D eigenvalue weighted by Crippen LogP contribution is -2.73. The number of hydrogen-bond acceptors (Lipinski definition) is 43. The Labute approximate surface area is 605 Å². The molecule has 41 atom stereocenters. The molecule has 8 saturated heterocycles. The maximum atomic E-state index is 13.9. The van der Waals surface area contributed by atoms with Gasteiger partial charge in [-0.3, -0.25) is 19.2 Å². The summed E-state index contributed by atoms with van der Waals surface area (Å²) in [5.41, 5.74) is 0. The average Bonchev–Trinajstić information content (AvgIpc) is 0.744. The van der Waals surface area contributed by atoms with Crippen LogP contribution in [0.2, 0.25) is 0 Å². The molecule has 0 aromatic heterocycles. The fourth-order valence-corrected chi connectivity index (χ4v) is 13.8. The molecule has 28 N–H and O–H groups in total. The number of ether oxygens (including phenoxy) is 15. The zero-order valence-electron chi connectivity index (χ0n) is 57.4. The standard InChI is InChI=1S/C59H98N4O44/c1-14(72)60-27-18(76)5-59(58(91)92,106-48(27)31(78)19(77)6-64)107-50-42(89)57(99-26(13-71)45(50)102-52-28(61-15(2)73)36(83)32(79)20(7-65)94-52)104-47-30(63-17(4)75)54(96-23(10-68)35(47)82)105-49-41(88)56(100-43-24(11-69)93-51(90)39(86)38(43)85)98-25(12-70)44(49)101-53-29(62-16(3)74)46(34(81)22(9-67)95-53)103-55-40(87)37(84)33(80)21(8-66)97-55/h18-57,64-71,76-90H,5-13H2,1-4H3,(H,60,72)(H,61,73)(H,62,74)(H,63,75)(H,91,92)/t18-,19+,20+,21+,22+,23+,24+,25+,26+,27+,28+,29+,30+,31+,32-,33-,34-,35+,36+,37-,38+,39+,40+,41+,42+,43+,44-,45-,46+,47+,48+,49+,50+,51+,52-,53-,54-,55-,56-,57-,59-/m0/s1. The van der Waals surface area contributed by atoms with Crippen LogP contribution in [0.1, 0.15) is 34.1 Å². The number of carboxylic acids is 1. The molecule has 0 radical (unpaired) electrons. The molecule has 8 aliphatic rings. The van der Waals surface area contributed by atoms with Gasteiger partial charge in [0, 0.05) is 34.1 Å². The highest BCUT2D eigenvalue weighted by molar-refractivity contribution is 5.77. The number of aliphatic carboxylic acids is 1. The molecule has 8 aliphatic heterocycles. The first kappa shape index (κ1) is 88.4. The minimum Gasteiger partial charge on any atom is -0.477 e. The normalized spacial score (nSPS) is 46.9. The Kier molecular flexibility index (Phi) is 31.5. The van der Waals surface area contributed by atoms with Gasteiger partial charge in [-0.05, 0) is 0 Å². The fourth-order valence-electron chi connectivity index (χ4n) is 13.8. The number of carbonyl (C=O) groups is 5. The Morgan fingerprint density at radius 3 is 1.15 bits per heavy atom. The molecule has 48 heteroatoms. The van der Waals surface area contributed by atoms with E-state index in [4.69, 9.17) is 71.1 Å². The quantitative estimate of drug-likeness (QED) is 0.0331. The number of nitrogens with one attached hydrogen (secondary N) is 4. The molecule has 0 saturated carbocycles. The molecule has 0 aliphatic carbocycles. The van der Waals surface area contributed by atoms with Crippen LogP contribution in [-0.4, -0.2) is 456 Å². The Hall–Kier alpha value is -4.17. The van der Waals surface area contributed by atoms with E-state index in [0.717, 1.165) is 27.7 Å². The Balaban J connectivity index is 1.23. The maximum absolute atomic E-state index is 13.9. The van der Waals surface area contributed by atoms with E-state index in [1.807, 2.05) is 0 Å². The van der Waals surface area contributed by atoms with Gasteiger partial charge in [0.15, 0.2) is 44.0 Å². The van der Waals surface area contributed by atoms with Crippen molar-refractivity contribution in [1.29, 1.82) is 0 Å². The van der Waals surface area contributed by atoms with E-state index < -0.39 is 340 Å². The van der Waals surface area contributed by atoms with Gasteiger partial charge in [-0.2, -0.15) is 0 Å². The van der Waals surface area contributed by atoms with E-state index in [1.54, 1.807) is 0 Å². The summed E-state index contributed by atoms with van der Waals surface area (Å²) in [6.07, 6.45) is -80.7. The molecule has 48 nitrogen and oxygen atoms in total. The molecular formula is C59H98N4O44. The molecule has 0 unspecified atom stereocenters. The van der Waals surface area contributed by atoms with Crippen LogP contribution < -0.4 is 21.3 Å². The van der Waals surface area contributed by atoms with Crippen molar-refractivity contribution >= 4 is 29.6 Å². The van der Waals surface area contributed by atoms with Gasteiger partial charge in [0.25, 0.3) is 5.79 Å². The van der Waals surface area contributed by atoms with E-state index in [0.29, 0.717) is 0 Å². The predicted molar refractivity (Wildman–Crippen MR) is 328 cm³/mol. The summed E-state index contributed by atoms with van der Waals surface area (Å²) in [5.74, 6) is -9.72. The molecule has 8 heterocycles. The first-order valence-electron chi connectivity index (χ1n) is 33.8. The van der Waals surface area contributed by atoms with Gasteiger partial charge in [0.2, 0.25) is 23.6 Å². The fraction of sp³-hybridized carbons (Fsp3) is 0.915. The molecule has 107 heavy (non-hydrogen) atoms. The van der Waals surface area contributed by atoms with Crippen molar-refractivity contribution in [1.82, 2.24) is 21.3 Å². The maximum Gasteiger partial charge on any atom is 0.364 e. The lowest BCUT2D eigenvalue weighted by atomic mass is 9.88. The van der Waals surface area contributed by atoms with Crippen molar-refractivity contribution < 1.29 is 218 Å². The smallest absolute Gasteiger partial charge is 0.364 e. The Morgan fingerprint density at radius 2 is 0.710 bits per heavy atom. The minimum absolute atomic E-state index is 0.847. The summed E-state index contributed by atoms with van der Waals surface area (Å²) in [5, 5.41) is 275. The van der Waals surface area contributed by atoms with Crippen LogP contribution in [0.5, 0.6) is 0 Å². The number of rotatable bonds is 29. The van der Waals surface area contributed by atoms with Gasteiger partial charge in [0.05, 0.1) is 65.0 Å². The molecule has 4 amide bonds. The minimum atomic E-state index is -3.50. The van der Waals surface area contributed by atoms with E-state index in [-0.39, 0.29) is 0 Å². The number of carboxylic acid groups (broad SMARTS) is 1. The SMILES string of the molecule is CC(=O)N[C@H]1[C@H](O[C@@H]2[C@H](O[C@]3(C(=O)O)C[C@H](O)[C@@H](NC(C)=O)[C@H]([C@H](O)[C@H](O)CO)O3)[C@@H](O)[C@H](O[C@H]3[C@H](O)[C@@H](CO)O[C@@H](O[C@@H]4[C@@H](O)[C@H](O[C@H]5[C@H](O)[C@@H](O)[C@H](O)O[C@@H]5CO)O[C@H](CO)[C@@H]4O[C@@H]4O[C@H](CO)[C@H](O)[C@H](O[C@@H]5O[C@H](CO)[C@H](O)[C@H](O)[C@H]5O)[C@H]4NC(C)=O)[C@@H]3NC(C)=O)O[C@@H]2CO)O[C@H](CO)[C@H](O)[C@@H]1O. The van der Waals surface area contributed by atoms with Crippen LogP contribution in [0.15, 0.2) is 0 Å². The number of hydrogen-bond donors (Lipinski definition) is 28. The van der Waals surface area contributed by atoms with Crippen molar-refractivity contribution in [3.05, 3.63) is 0 Å². The second-order valence-corrected chi connectivity index (χ2v) is 26.7. The van der Waals surface area contributed by atoms with Crippen LogP contribution in [0.25, 0.3) is 0 Å². The van der Waals surface area contributed by atoms with Crippen LogP contribution in [0, 0.1) is 0 Å². The number of carbonyl (C=O) groups excluding carboxylic acids is 4. The molecule has 0 spiro atoms. The highest BCUT2D eigenvalue weighted by Gasteiger charge is 2.64. The van der Waals surface area contributed by atoms with E-state index in [1.165, 1.54) is 0 Å². The van der Waals surface area contributed by atoms with Crippen molar-refractivity contribution in [3.8, 4) is 0 Å². The number of aliphatic hydroxyl groups excluding tert-OH is 23. The van der Waals surface area contributed by atoms with E-state index in [9.17, 15) is 147 Å². The molecular weight excluding hydrogens is 1470 g/mol. The van der Waals surface area contributed by atoms with E-state index in [2.05, 4.69) is 21.3 Å². The lowest BCUT2D eigenvalue weighted by molar-refractivity contribution is -0.404. The summed E-state index contributed by atoms with van der Waals surface area (Å²) >= 11 is 0. The van der Waals surface area contributed by atoms with Crippen LogP contribution in [-0.2, 0) is 95.0 Å². The zero-order valence-corrected chi connectivity index (χ0v) is 57.4. The predicted octanol–water partition coefficient (Wildman–Crippen LogP) is -18.7. The third-order valence-corrected chi connectivity index (χ3v) is 19.2. The highest BCUT2D eigenvalue weighted by Crippen LogP contribution is 2.43. The van der Waals surface area contributed by atoms with Crippen molar-refractivity contribution in [3.63, 3.8) is 0 Å². The van der Waals surface area contributed by atoms with Crippen molar-refractivity contribution in [2.45, 2.75) is 285 Å². The monoisotopic (exact) mass is 1570 g/mol. The second kappa shape index (κ2) is 38.1. The number of aliphatic hydroxyl groups is 23. The van der Waals surface area contributed by atoms with Gasteiger partial charge in [-0.15, -0.1) is 0 Å². The zero-order chi connectivity index (χ0) is 79.3. The third kappa shape index (κ3) is 19.4. The molecule has 0 bridgehead atoms. The third-order valence-electron chi connectivity index (χ3n) is 19.2. The summed E-state index contributed by atoms with van der Waals surface area (Å²) in [6, 6.07) is -7.94. The van der Waals surface area contributed by atoms with Crippen LogP contribution in [0.4, 0.5) is 0 Å². The summed E-state index contributed by atoms with van der Waals surface area (Å²) in [6.45, 7) is -5.96. The van der Waals surface area contributed by atoms with Gasteiger partial charge in [-0.25, -0.2) is 4.79 Å². The molecule has 618 valence electrons. The van der Waals surface area contributed by atoms with Crippen molar-refractivity contribution in [2.75, 3.05) is 52.9 Å². The summed E-state index contributed by atoms with van der Waals surface area (Å²) in [4.78, 5) is 65.7. The van der Waals surface area contributed by atoms with Gasteiger partial charge in [-0.1, -0.05) is 0 Å². The molecule has 8 rings (SSSR count). The van der Waals surface area contributed by atoms with Gasteiger partial charge in [0.1, 0.15) is 189 Å². The first-order valence-corrected chi connectivity index (χ1v) is 33.8. The topological polar surface area (TPSA) is 757 Å². The molecule has 8 fully saturated rings. The lowest BCUT2D eigenvalue weighted by Gasteiger charge is -2.53. The Bertz CT molecular complexity index is 2870. The largest absolute Gasteiger partial charge is 0.477 e. The van der Waals surface area contributed by atoms with Crippen molar-refractivity contribution in [2.24, 2.45) is 0 Å².